The number of amides is 2. The summed E-state index contributed by atoms with van der Waals surface area (Å²) in [6.07, 6.45) is 8.87. The highest BCUT2D eigenvalue weighted by atomic mass is 35.5. The van der Waals surface area contributed by atoms with Crippen molar-refractivity contribution in [1.82, 2.24) is 10.6 Å². The average molecular weight is 892 g/mol. The Hall–Kier alpha value is -4.37. The molecule has 0 heterocycles. The van der Waals surface area contributed by atoms with Crippen LogP contribution in [0.5, 0.6) is 11.5 Å². The summed E-state index contributed by atoms with van der Waals surface area (Å²) in [5.41, 5.74) is 5.33. The maximum absolute atomic E-state index is 12.7. The van der Waals surface area contributed by atoms with Gasteiger partial charge in [-0.05, 0) is 161 Å². The van der Waals surface area contributed by atoms with Gasteiger partial charge < -0.3 is 20.8 Å². The molecule has 4 aromatic rings. The Bertz CT molecular complexity index is 1950. The summed E-state index contributed by atoms with van der Waals surface area (Å²) in [5, 5.41) is 27.2. The Balaban J connectivity index is 0.000000264. The Kier molecular flexibility index (Phi) is 19.2. The first-order valence-corrected chi connectivity index (χ1v) is 22.1. The Labute approximate surface area is 377 Å². The lowest BCUT2D eigenvalue weighted by Crippen LogP contribution is -2.41. The van der Waals surface area contributed by atoms with Crippen LogP contribution in [-0.4, -0.2) is 45.7 Å². The minimum atomic E-state index is -0.534. The van der Waals surface area contributed by atoms with Crippen LogP contribution in [-0.2, 0) is 44.9 Å². The third-order valence-electron chi connectivity index (χ3n) is 12.2. The van der Waals surface area contributed by atoms with Gasteiger partial charge in [0.15, 0.2) is 11.6 Å². The molecule has 2 aliphatic carbocycles. The number of ketones is 2. The number of phenolic OH excluding ortho intramolecular Hbond substituents is 2. The van der Waals surface area contributed by atoms with E-state index in [9.17, 15) is 29.4 Å². The lowest BCUT2D eigenvalue weighted by molar-refractivity contribution is -0.129. The maximum Gasteiger partial charge on any atom is 0.223 e. The first-order valence-electron chi connectivity index (χ1n) is 21.4. The maximum atomic E-state index is 12.7. The number of nitrogens with one attached hydrogen (secondary N) is 2. The van der Waals surface area contributed by atoms with E-state index in [0.717, 1.165) is 51.4 Å². The number of carbonyl (C=O) groups excluding carboxylic acids is 4. The SMILES string of the molecule is Cc1cc(Cl)cc(CCC(=O)[C@H](C)NC(=O)[C@@H]2CC[C@@H](Cc3ccccc3)C2)c1O.Cc1cc(Cl)cc(CCC(=O)[C@H](C)NC(=O)[C@@H]2CC[C@@H](Cc3ccccc3)C2)c1O.Cl. The van der Waals surface area contributed by atoms with E-state index in [2.05, 4.69) is 34.9 Å². The molecule has 0 aromatic heterocycles. The van der Waals surface area contributed by atoms with Gasteiger partial charge in [-0.1, -0.05) is 83.9 Å². The molecule has 0 unspecified atom stereocenters. The van der Waals surface area contributed by atoms with E-state index in [1.165, 1.54) is 11.1 Å². The largest absolute Gasteiger partial charge is 0.507 e. The molecule has 0 radical (unpaired) electrons. The lowest BCUT2D eigenvalue weighted by atomic mass is 9.96. The van der Waals surface area contributed by atoms with E-state index >= 15 is 0 Å². The van der Waals surface area contributed by atoms with Crippen LogP contribution in [0.4, 0.5) is 0 Å². The van der Waals surface area contributed by atoms with Crippen molar-refractivity contribution in [3.8, 4) is 11.5 Å². The molecule has 2 saturated carbocycles. The molecule has 2 aliphatic rings. The monoisotopic (exact) mass is 890 g/mol. The number of Topliss-reactive ketones (excluding diaryl/α,β-unsaturated/α-hetero) is 2. The van der Waals surface area contributed by atoms with Gasteiger partial charge in [-0.25, -0.2) is 0 Å². The second kappa shape index (κ2) is 23.7. The highest BCUT2D eigenvalue weighted by Crippen LogP contribution is 2.35. The number of halogens is 3. The molecule has 11 heteroatoms. The number of aromatic hydroxyl groups is 2. The molecule has 0 bridgehead atoms. The quantitative estimate of drug-likeness (QED) is 0.0886. The van der Waals surface area contributed by atoms with Crippen molar-refractivity contribution >= 4 is 59.0 Å². The Morgan fingerprint density at radius 3 is 1.33 bits per heavy atom. The summed E-state index contributed by atoms with van der Waals surface area (Å²) in [7, 11) is 0. The second-order valence-corrected chi connectivity index (χ2v) is 17.9. The number of phenols is 2. The van der Waals surface area contributed by atoms with Crippen molar-refractivity contribution in [2.45, 2.75) is 117 Å². The van der Waals surface area contributed by atoms with Gasteiger partial charge >= 0.3 is 0 Å². The Morgan fingerprint density at radius 1 is 0.607 bits per heavy atom. The molecule has 0 spiro atoms. The third-order valence-corrected chi connectivity index (χ3v) is 12.6. The van der Waals surface area contributed by atoms with Gasteiger partial charge in [-0.3, -0.25) is 19.2 Å². The molecule has 0 saturated heterocycles. The fraction of sp³-hybridized carbons (Fsp3) is 0.440. The summed E-state index contributed by atoms with van der Waals surface area (Å²) in [4.78, 5) is 50.4. The van der Waals surface area contributed by atoms with Crippen LogP contribution in [0.2, 0.25) is 10.0 Å². The van der Waals surface area contributed by atoms with E-state index < -0.39 is 12.1 Å². The summed E-state index contributed by atoms with van der Waals surface area (Å²) in [6.45, 7) is 7.03. The van der Waals surface area contributed by atoms with E-state index in [4.69, 9.17) is 23.2 Å². The summed E-state index contributed by atoms with van der Waals surface area (Å²) in [5.74, 6) is 1.23. The van der Waals surface area contributed by atoms with Gasteiger partial charge in [-0.15, -0.1) is 12.4 Å². The van der Waals surface area contributed by atoms with E-state index in [0.29, 0.717) is 57.0 Å². The van der Waals surface area contributed by atoms with Crippen LogP contribution in [0.25, 0.3) is 0 Å². The van der Waals surface area contributed by atoms with E-state index in [1.807, 2.05) is 36.4 Å². The molecule has 328 valence electrons. The summed E-state index contributed by atoms with van der Waals surface area (Å²) >= 11 is 12.1. The number of hydrogen-bond donors (Lipinski definition) is 4. The predicted molar refractivity (Wildman–Crippen MR) is 247 cm³/mol. The van der Waals surface area contributed by atoms with Crippen LogP contribution < -0.4 is 10.6 Å². The van der Waals surface area contributed by atoms with Crippen LogP contribution in [0, 0.1) is 37.5 Å². The van der Waals surface area contributed by atoms with Gasteiger partial charge in [0.2, 0.25) is 11.8 Å². The number of hydrogen-bond acceptors (Lipinski definition) is 6. The summed E-state index contributed by atoms with van der Waals surface area (Å²) < 4.78 is 0. The lowest BCUT2D eigenvalue weighted by Gasteiger charge is -2.17. The van der Waals surface area contributed by atoms with Crippen molar-refractivity contribution in [1.29, 1.82) is 0 Å². The second-order valence-electron chi connectivity index (χ2n) is 17.0. The zero-order valence-corrected chi connectivity index (χ0v) is 38.1. The smallest absolute Gasteiger partial charge is 0.223 e. The molecule has 6 rings (SSSR count). The average Bonchev–Trinajstić information content (AvgIpc) is 3.90. The molecular formula is C50H61Cl3N2O6. The van der Waals surface area contributed by atoms with Gasteiger partial charge in [-0.2, -0.15) is 0 Å². The van der Waals surface area contributed by atoms with Gasteiger partial charge in [0.05, 0.1) is 12.1 Å². The fourth-order valence-corrected chi connectivity index (χ4v) is 9.25. The first-order chi connectivity index (χ1) is 28.7. The molecule has 2 fully saturated rings. The summed E-state index contributed by atoms with van der Waals surface area (Å²) in [6, 6.07) is 26.4. The topological polar surface area (TPSA) is 133 Å². The zero-order chi connectivity index (χ0) is 43.3. The zero-order valence-electron chi connectivity index (χ0n) is 35.7. The fourth-order valence-electron chi connectivity index (χ4n) is 8.66. The molecule has 4 N–H and O–H groups in total. The molecule has 61 heavy (non-hydrogen) atoms. The standard InChI is InChI=1S/2C25H30ClNO3.ClH/c2*1-16-12-22(26)15-20(24(16)29)10-11-23(28)17(2)27-25(30)21-9-8-19(14-21)13-18-6-4-3-5-7-18;/h2*3-7,12,15,17,19,21,29H,8-11,13-14H2,1-2H3,(H,27,30);1H/t2*17-,19-,21+;/m00./s1. The molecule has 2 amide bonds. The number of carbonyl (C=O) groups is 4. The number of aryl methyl sites for hydroxylation is 4. The van der Waals surface area contributed by atoms with E-state index in [1.54, 1.807) is 52.0 Å². The van der Waals surface area contributed by atoms with Gasteiger partial charge in [0, 0.05) is 34.7 Å². The molecular weight excluding hydrogens is 831 g/mol. The van der Waals surface area contributed by atoms with Crippen LogP contribution in [0.3, 0.4) is 0 Å². The molecule has 8 nitrogen and oxygen atoms in total. The number of benzene rings is 4. The molecule has 4 aromatic carbocycles. The van der Waals surface area contributed by atoms with Crippen molar-refractivity contribution in [3.63, 3.8) is 0 Å². The molecule has 6 atom stereocenters. The van der Waals surface area contributed by atoms with Gasteiger partial charge in [0.1, 0.15) is 11.5 Å². The third kappa shape index (κ3) is 14.9. The highest BCUT2D eigenvalue weighted by Gasteiger charge is 2.32. The van der Waals surface area contributed by atoms with Crippen LogP contribution >= 0.6 is 35.6 Å². The predicted octanol–water partition coefficient (Wildman–Crippen LogP) is 10.5. The van der Waals surface area contributed by atoms with Gasteiger partial charge in [0.25, 0.3) is 0 Å². The minimum absolute atomic E-state index is 0. The number of rotatable bonds is 16. The minimum Gasteiger partial charge on any atom is -0.507 e. The van der Waals surface area contributed by atoms with Crippen molar-refractivity contribution in [2.75, 3.05) is 0 Å². The van der Waals surface area contributed by atoms with Crippen LogP contribution in [0.1, 0.15) is 98.6 Å². The normalized spacial score (nSPS) is 19.1. The van der Waals surface area contributed by atoms with Crippen LogP contribution in [0.15, 0.2) is 84.9 Å². The van der Waals surface area contributed by atoms with Crippen molar-refractivity contribution < 1.29 is 29.4 Å². The molecule has 0 aliphatic heterocycles. The first kappa shape index (κ1) is 49.3. The van der Waals surface area contributed by atoms with Crippen molar-refractivity contribution in [2.24, 2.45) is 23.7 Å². The highest BCUT2D eigenvalue weighted by molar-refractivity contribution is 6.31. The van der Waals surface area contributed by atoms with E-state index in [-0.39, 0.29) is 72.0 Å². The van der Waals surface area contributed by atoms with Crippen molar-refractivity contribution in [3.05, 3.63) is 128 Å². The Morgan fingerprint density at radius 2 is 0.967 bits per heavy atom.